The Kier molecular flexibility index (Phi) is 2.94. The molecule has 0 radical (unpaired) electrons. The zero-order valence-corrected chi connectivity index (χ0v) is 11.2. The van der Waals surface area contributed by atoms with E-state index in [-0.39, 0.29) is 0 Å². The highest BCUT2D eigenvalue weighted by atomic mass is 15.1. The fourth-order valence-electron chi connectivity index (χ4n) is 2.79. The predicted molar refractivity (Wildman–Crippen MR) is 73.7 cm³/mol. The molecular formula is C16H20N2. The van der Waals surface area contributed by atoms with Gasteiger partial charge in [-0.2, -0.15) is 0 Å². The van der Waals surface area contributed by atoms with Crippen LogP contribution in [0, 0.1) is 12.8 Å². The van der Waals surface area contributed by atoms with Crippen LogP contribution >= 0.6 is 0 Å². The number of hydrogen-bond acceptors (Lipinski definition) is 1. The van der Waals surface area contributed by atoms with Gasteiger partial charge in [0.05, 0.1) is 5.69 Å². The standard InChI is InChI=1S/C16H20N2/c1-12-4-3-5-14(8-12)9-15-11-18-10-13(2)6-7-16(18)17-15/h3-5,8,11,13H,6-7,9-10H2,1-2H3. The van der Waals surface area contributed by atoms with Crippen molar-refractivity contribution in [3.05, 3.63) is 53.1 Å². The van der Waals surface area contributed by atoms with Gasteiger partial charge in [-0.3, -0.25) is 0 Å². The average molecular weight is 240 g/mol. The molecule has 0 amide bonds. The molecule has 2 nitrogen and oxygen atoms in total. The molecule has 1 aliphatic heterocycles. The minimum atomic E-state index is 0.790. The minimum absolute atomic E-state index is 0.790. The van der Waals surface area contributed by atoms with E-state index in [9.17, 15) is 0 Å². The number of nitrogens with zero attached hydrogens (tertiary/aromatic N) is 2. The second-order valence-corrected chi connectivity index (χ2v) is 5.61. The lowest BCUT2D eigenvalue weighted by molar-refractivity contribution is 0.394. The fourth-order valence-corrected chi connectivity index (χ4v) is 2.79. The zero-order chi connectivity index (χ0) is 12.5. The second kappa shape index (κ2) is 4.60. The van der Waals surface area contributed by atoms with Crippen LogP contribution in [0.15, 0.2) is 30.5 Å². The van der Waals surface area contributed by atoms with Crippen molar-refractivity contribution < 1.29 is 0 Å². The first-order valence-corrected chi connectivity index (χ1v) is 6.81. The van der Waals surface area contributed by atoms with Gasteiger partial charge in [-0.25, -0.2) is 4.98 Å². The van der Waals surface area contributed by atoms with E-state index in [1.54, 1.807) is 0 Å². The van der Waals surface area contributed by atoms with Gasteiger partial charge < -0.3 is 4.57 Å². The van der Waals surface area contributed by atoms with Crippen molar-refractivity contribution in [1.82, 2.24) is 9.55 Å². The summed E-state index contributed by atoms with van der Waals surface area (Å²) in [7, 11) is 0. The van der Waals surface area contributed by atoms with Gasteiger partial charge in [-0.15, -0.1) is 0 Å². The number of fused-ring (bicyclic) bond motifs is 1. The highest BCUT2D eigenvalue weighted by Crippen LogP contribution is 2.20. The van der Waals surface area contributed by atoms with Gasteiger partial charge in [0.25, 0.3) is 0 Å². The Morgan fingerprint density at radius 3 is 3.11 bits per heavy atom. The maximum atomic E-state index is 4.77. The summed E-state index contributed by atoms with van der Waals surface area (Å²) in [5, 5.41) is 0. The van der Waals surface area contributed by atoms with Gasteiger partial charge in [-0.1, -0.05) is 36.8 Å². The molecule has 18 heavy (non-hydrogen) atoms. The van der Waals surface area contributed by atoms with E-state index in [1.807, 2.05) is 0 Å². The predicted octanol–water partition coefficient (Wildman–Crippen LogP) is 3.36. The highest BCUT2D eigenvalue weighted by molar-refractivity contribution is 5.26. The molecule has 0 saturated heterocycles. The molecule has 1 aromatic heterocycles. The third-order valence-electron chi connectivity index (χ3n) is 3.75. The Morgan fingerprint density at radius 1 is 1.39 bits per heavy atom. The first-order valence-electron chi connectivity index (χ1n) is 6.81. The van der Waals surface area contributed by atoms with E-state index in [4.69, 9.17) is 4.98 Å². The Morgan fingerprint density at radius 2 is 2.28 bits per heavy atom. The molecule has 2 heteroatoms. The Balaban J connectivity index is 1.82. The first-order chi connectivity index (χ1) is 8.70. The summed E-state index contributed by atoms with van der Waals surface area (Å²) in [6.45, 7) is 5.60. The van der Waals surface area contributed by atoms with Crippen molar-refractivity contribution in [3.8, 4) is 0 Å². The van der Waals surface area contributed by atoms with Gasteiger partial charge in [0.2, 0.25) is 0 Å². The monoisotopic (exact) mass is 240 g/mol. The molecule has 0 aliphatic carbocycles. The van der Waals surface area contributed by atoms with E-state index < -0.39 is 0 Å². The molecule has 0 N–H and O–H groups in total. The van der Waals surface area contributed by atoms with Crippen LogP contribution in [0.1, 0.15) is 36.0 Å². The number of imidazole rings is 1. The van der Waals surface area contributed by atoms with Crippen LogP contribution in [-0.4, -0.2) is 9.55 Å². The third kappa shape index (κ3) is 2.33. The van der Waals surface area contributed by atoms with Crippen LogP contribution in [-0.2, 0) is 19.4 Å². The fraction of sp³-hybridized carbons (Fsp3) is 0.438. The molecule has 0 fully saturated rings. The van der Waals surface area contributed by atoms with Gasteiger partial charge in [0.15, 0.2) is 0 Å². The number of hydrogen-bond donors (Lipinski definition) is 0. The topological polar surface area (TPSA) is 17.8 Å². The molecule has 1 aliphatic rings. The van der Waals surface area contributed by atoms with Gasteiger partial charge in [0.1, 0.15) is 5.82 Å². The second-order valence-electron chi connectivity index (χ2n) is 5.61. The van der Waals surface area contributed by atoms with Crippen LogP contribution in [0.2, 0.25) is 0 Å². The zero-order valence-electron chi connectivity index (χ0n) is 11.2. The molecule has 1 aromatic carbocycles. The van der Waals surface area contributed by atoms with Crippen molar-refractivity contribution in [2.45, 2.75) is 39.7 Å². The summed E-state index contributed by atoms with van der Waals surface area (Å²) in [4.78, 5) is 4.77. The summed E-state index contributed by atoms with van der Waals surface area (Å²) in [5.41, 5.74) is 3.90. The lowest BCUT2D eigenvalue weighted by atomic mass is 10.0. The van der Waals surface area contributed by atoms with Gasteiger partial charge >= 0.3 is 0 Å². The largest absolute Gasteiger partial charge is 0.334 e. The Bertz CT molecular complexity index is 554. The molecule has 2 aromatic rings. The normalized spacial score (nSPS) is 18.7. The molecule has 94 valence electrons. The summed E-state index contributed by atoms with van der Waals surface area (Å²) in [5.74, 6) is 2.06. The number of rotatable bonds is 2. The lowest BCUT2D eigenvalue weighted by Crippen LogP contribution is -2.17. The maximum absolute atomic E-state index is 4.77. The van der Waals surface area contributed by atoms with E-state index >= 15 is 0 Å². The van der Waals surface area contributed by atoms with Crippen LogP contribution in [0.5, 0.6) is 0 Å². The van der Waals surface area contributed by atoms with Crippen molar-refractivity contribution in [3.63, 3.8) is 0 Å². The van der Waals surface area contributed by atoms with Gasteiger partial charge in [0, 0.05) is 25.6 Å². The van der Waals surface area contributed by atoms with E-state index in [0.717, 1.165) is 25.3 Å². The van der Waals surface area contributed by atoms with Crippen molar-refractivity contribution in [2.24, 2.45) is 5.92 Å². The van der Waals surface area contributed by atoms with Crippen LogP contribution in [0.4, 0.5) is 0 Å². The molecule has 1 atom stereocenters. The molecular weight excluding hydrogens is 220 g/mol. The van der Waals surface area contributed by atoms with Crippen LogP contribution < -0.4 is 0 Å². The lowest BCUT2D eigenvalue weighted by Gasteiger charge is -2.19. The number of aromatic nitrogens is 2. The third-order valence-corrected chi connectivity index (χ3v) is 3.75. The molecule has 0 saturated carbocycles. The minimum Gasteiger partial charge on any atom is -0.334 e. The molecule has 0 spiro atoms. The first kappa shape index (κ1) is 11.5. The summed E-state index contributed by atoms with van der Waals surface area (Å²) in [6.07, 6.45) is 5.61. The van der Waals surface area contributed by atoms with E-state index in [0.29, 0.717) is 0 Å². The number of aryl methyl sites for hydroxylation is 2. The van der Waals surface area contributed by atoms with Crippen LogP contribution in [0.25, 0.3) is 0 Å². The number of benzene rings is 1. The van der Waals surface area contributed by atoms with Crippen molar-refractivity contribution >= 4 is 0 Å². The van der Waals surface area contributed by atoms with Gasteiger partial charge in [-0.05, 0) is 24.8 Å². The Hall–Kier alpha value is -1.57. The summed E-state index contributed by atoms with van der Waals surface area (Å²) < 4.78 is 2.35. The maximum Gasteiger partial charge on any atom is 0.108 e. The van der Waals surface area contributed by atoms with Crippen LogP contribution in [0.3, 0.4) is 0 Å². The smallest absolute Gasteiger partial charge is 0.108 e. The highest BCUT2D eigenvalue weighted by Gasteiger charge is 2.16. The summed E-state index contributed by atoms with van der Waals surface area (Å²) in [6, 6.07) is 8.71. The van der Waals surface area contributed by atoms with E-state index in [1.165, 1.54) is 29.1 Å². The van der Waals surface area contributed by atoms with E-state index in [2.05, 4.69) is 48.9 Å². The quantitative estimate of drug-likeness (QED) is 0.787. The molecule has 2 heterocycles. The Labute approximate surface area is 109 Å². The van der Waals surface area contributed by atoms with Crippen molar-refractivity contribution in [1.29, 1.82) is 0 Å². The molecule has 3 rings (SSSR count). The average Bonchev–Trinajstić information content (AvgIpc) is 2.70. The SMILES string of the molecule is Cc1cccc(Cc2cn3c(n2)CCC(C)C3)c1. The van der Waals surface area contributed by atoms with Crippen molar-refractivity contribution in [2.75, 3.05) is 0 Å². The molecule has 1 unspecified atom stereocenters. The molecule has 0 bridgehead atoms. The summed E-state index contributed by atoms with van der Waals surface area (Å²) >= 11 is 0.